The minimum Gasteiger partial charge on any atom is -0.307 e. The van der Waals surface area contributed by atoms with Crippen molar-refractivity contribution in [2.24, 2.45) is 17.8 Å². The van der Waals surface area contributed by atoms with Gasteiger partial charge in [-0.3, -0.25) is 0 Å². The topological polar surface area (TPSA) is 12.0 Å². The Morgan fingerprint density at radius 3 is 2.45 bits per heavy atom. The number of aryl methyl sites for hydroxylation is 2. The fourth-order valence-electron chi connectivity index (χ4n) is 3.89. The Kier molecular flexibility index (Phi) is 5.30. The summed E-state index contributed by atoms with van der Waals surface area (Å²) in [6.07, 6.45) is 4.15. The number of hydrogen-bond donors (Lipinski definition) is 1. The van der Waals surface area contributed by atoms with Crippen molar-refractivity contribution in [2.45, 2.75) is 72.9 Å². The van der Waals surface area contributed by atoms with Crippen LogP contribution in [0, 0.1) is 31.6 Å². The van der Waals surface area contributed by atoms with Gasteiger partial charge in [0, 0.05) is 21.8 Å². The SMILES string of the molecule is Cc1cc(C(C)NC2CC(C)CCC2C(C)C)c(C)s1. The predicted octanol–water partition coefficient (Wildman–Crippen LogP) is 5.48. The first-order chi connectivity index (χ1) is 9.38. The van der Waals surface area contributed by atoms with Crippen molar-refractivity contribution in [3.05, 3.63) is 21.4 Å². The molecular formula is C18H31NS. The molecule has 4 atom stereocenters. The third-order valence-electron chi connectivity index (χ3n) is 5.03. The number of hydrogen-bond acceptors (Lipinski definition) is 2. The van der Waals surface area contributed by atoms with Gasteiger partial charge in [0.05, 0.1) is 0 Å². The van der Waals surface area contributed by atoms with Gasteiger partial charge in [-0.1, -0.05) is 27.2 Å². The maximum absolute atomic E-state index is 3.96. The summed E-state index contributed by atoms with van der Waals surface area (Å²) in [6.45, 7) is 14.0. The second-order valence-electron chi connectivity index (χ2n) is 7.19. The van der Waals surface area contributed by atoms with Crippen molar-refractivity contribution in [1.29, 1.82) is 0 Å². The lowest BCUT2D eigenvalue weighted by molar-refractivity contribution is 0.161. The van der Waals surface area contributed by atoms with Gasteiger partial charge in [0.25, 0.3) is 0 Å². The molecule has 1 aromatic rings. The summed E-state index contributed by atoms with van der Waals surface area (Å²) < 4.78 is 0. The molecule has 1 aliphatic carbocycles. The summed E-state index contributed by atoms with van der Waals surface area (Å²) in [6, 6.07) is 3.54. The first-order valence-corrected chi connectivity index (χ1v) is 9.03. The Bertz CT molecular complexity index is 435. The zero-order valence-electron chi connectivity index (χ0n) is 14.0. The van der Waals surface area contributed by atoms with Crippen LogP contribution in [0.2, 0.25) is 0 Å². The summed E-state index contributed by atoms with van der Waals surface area (Å²) in [5, 5.41) is 3.96. The fraction of sp³-hybridized carbons (Fsp3) is 0.778. The molecule has 2 heteroatoms. The van der Waals surface area contributed by atoms with Crippen LogP contribution < -0.4 is 5.32 Å². The molecule has 1 fully saturated rings. The number of nitrogens with one attached hydrogen (secondary N) is 1. The van der Waals surface area contributed by atoms with Crippen LogP contribution in [0.15, 0.2) is 6.07 Å². The Balaban J connectivity index is 2.07. The molecule has 0 spiro atoms. The van der Waals surface area contributed by atoms with E-state index in [2.05, 4.69) is 52.9 Å². The minimum atomic E-state index is 0.483. The highest BCUT2D eigenvalue weighted by Gasteiger charge is 2.31. The molecule has 1 saturated carbocycles. The number of rotatable bonds is 4. The van der Waals surface area contributed by atoms with E-state index >= 15 is 0 Å². The Hall–Kier alpha value is -0.340. The normalized spacial score (nSPS) is 28.9. The molecule has 2 rings (SSSR count). The van der Waals surface area contributed by atoms with Gasteiger partial charge < -0.3 is 5.32 Å². The largest absolute Gasteiger partial charge is 0.307 e. The van der Waals surface area contributed by atoms with E-state index in [-0.39, 0.29) is 0 Å². The second-order valence-corrected chi connectivity index (χ2v) is 8.65. The van der Waals surface area contributed by atoms with E-state index in [1.165, 1.54) is 34.6 Å². The molecule has 1 heterocycles. The second kappa shape index (κ2) is 6.62. The summed E-state index contributed by atoms with van der Waals surface area (Å²) in [4.78, 5) is 2.91. The van der Waals surface area contributed by atoms with Crippen molar-refractivity contribution in [2.75, 3.05) is 0 Å². The zero-order chi connectivity index (χ0) is 14.9. The van der Waals surface area contributed by atoms with Crippen molar-refractivity contribution in [3.63, 3.8) is 0 Å². The van der Waals surface area contributed by atoms with E-state index in [0.29, 0.717) is 12.1 Å². The van der Waals surface area contributed by atoms with Gasteiger partial charge in [-0.2, -0.15) is 0 Å². The average Bonchev–Trinajstić information content (AvgIpc) is 2.68. The monoisotopic (exact) mass is 293 g/mol. The van der Waals surface area contributed by atoms with Gasteiger partial charge in [-0.05, 0) is 63.0 Å². The van der Waals surface area contributed by atoms with Crippen molar-refractivity contribution < 1.29 is 0 Å². The summed E-state index contributed by atoms with van der Waals surface area (Å²) in [5.74, 6) is 2.51. The highest BCUT2D eigenvalue weighted by atomic mass is 32.1. The molecule has 20 heavy (non-hydrogen) atoms. The average molecular weight is 294 g/mol. The molecule has 4 unspecified atom stereocenters. The van der Waals surface area contributed by atoms with Gasteiger partial charge in [0.1, 0.15) is 0 Å². The van der Waals surface area contributed by atoms with Gasteiger partial charge in [-0.25, -0.2) is 0 Å². The molecule has 0 aromatic carbocycles. The van der Waals surface area contributed by atoms with Gasteiger partial charge in [0.15, 0.2) is 0 Å². The lowest BCUT2D eigenvalue weighted by Crippen LogP contribution is -2.43. The first-order valence-electron chi connectivity index (χ1n) is 8.21. The molecule has 0 radical (unpaired) electrons. The van der Waals surface area contributed by atoms with Crippen LogP contribution in [0.25, 0.3) is 0 Å². The van der Waals surface area contributed by atoms with Gasteiger partial charge in [-0.15, -0.1) is 11.3 Å². The van der Waals surface area contributed by atoms with E-state index in [9.17, 15) is 0 Å². The maximum atomic E-state index is 3.96. The molecule has 0 amide bonds. The molecule has 1 N–H and O–H groups in total. The predicted molar refractivity (Wildman–Crippen MR) is 90.5 cm³/mol. The van der Waals surface area contributed by atoms with Crippen molar-refractivity contribution >= 4 is 11.3 Å². The molecule has 0 bridgehead atoms. The maximum Gasteiger partial charge on any atom is 0.0305 e. The van der Waals surface area contributed by atoms with E-state index in [4.69, 9.17) is 0 Å². The summed E-state index contributed by atoms with van der Waals surface area (Å²) in [5.41, 5.74) is 1.51. The van der Waals surface area contributed by atoms with E-state index in [1.54, 1.807) is 0 Å². The van der Waals surface area contributed by atoms with E-state index in [1.807, 2.05) is 11.3 Å². The molecule has 0 aliphatic heterocycles. The molecule has 1 nitrogen and oxygen atoms in total. The summed E-state index contributed by atoms with van der Waals surface area (Å²) >= 11 is 1.93. The lowest BCUT2D eigenvalue weighted by Gasteiger charge is -2.39. The van der Waals surface area contributed by atoms with Gasteiger partial charge >= 0.3 is 0 Å². The van der Waals surface area contributed by atoms with Gasteiger partial charge in [0.2, 0.25) is 0 Å². The van der Waals surface area contributed by atoms with Crippen molar-refractivity contribution in [1.82, 2.24) is 5.32 Å². The molecule has 1 aliphatic rings. The lowest BCUT2D eigenvalue weighted by atomic mass is 9.73. The van der Waals surface area contributed by atoms with Crippen molar-refractivity contribution in [3.8, 4) is 0 Å². The quantitative estimate of drug-likeness (QED) is 0.775. The first kappa shape index (κ1) is 16.0. The van der Waals surface area contributed by atoms with Crippen LogP contribution >= 0.6 is 11.3 Å². The Labute approximate surface area is 129 Å². The summed E-state index contributed by atoms with van der Waals surface area (Å²) in [7, 11) is 0. The van der Waals surface area contributed by atoms with E-state index < -0.39 is 0 Å². The van der Waals surface area contributed by atoms with Crippen LogP contribution in [-0.2, 0) is 0 Å². The fourth-order valence-corrected chi connectivity index (χ4v) is 4.91. The smallest absolute Gasteiger partial charge is 0.0305 e. The third kappa shape index (κ3) is 3.65. The van der Waals surface area contributed by atoms with Crippen LogP contribution in [-0.4, -0.2) is 6.04 Å². The Morgan fingerprint density at radius 1 is 1.20 bits per heavy atom. The Morgan fingerprint density at radius 2 is 1.90 bits per heavy atom. The highest BCUT2D eigenvalue weighted by molar-refractivity contribution is 7.12. The highest BCUT2D eigenvalue weighted by Crippen LogP contribution is 2.35. The van der Waals surface area contributed by atoms with Crippen LogP contribution in [0.4, 0.5) is 0 Å². The standard InChI is InChI=1S/C18H31NS/c1-11(2)16-8-7-12(3)9-18(16)19-14(5)17-10-13(4)20-15(17)6/h10-12,14,16,18-19H,7-9H2,1-6H3. The van der Waals surface area contributed by atoms with E-state index in [0.717, 1.165) is 17.8 Å². The molecular weight excluding hydrogens is 262 g/mol. The molecule has 114 valence electrons. The van der Waals surface area contributed by atoms with Crippen LogP contribution in [0.5, 0.6) is 0 Å². The number of thiophene rings is 1. The van der Waals surface area contributed by atoms with Crippen LogP contribution in [0.3, 0.4) is 0 Å². The zero-order valence-corrected chi connectivity index (χ0v) is 14.8. The molecule has 0 saturated heterocycles. The third-order valence-corrected chi connectivity index (χ3v) is 6.01. The molecule has 1 aromatic heterocycles. The minimum absolute atomic E-state index is 0.483. The van der Waals surface area contributed by atoms with Crippen LogP contribution in [0.1, 0.15) is 68.3 Å².